The molecule has 0 aliphatic heterocycles. The molecule has 0 bridgehead atoms. The van der Waals surface area contributed by atoms with Gasteiger partial charge in [0.15, 0.2) is 15.7 Å². The first-order chi connectivity index (χ1) is 13.8. The summed E-state index contributed by atoms with van der Waals surface area (Å²) in [7, 11) is -1.63. The van der Waals surface area contributed by atoms with Crippen molar-refractivity contribution in [1.29, 1.82) is 0 Å². The number of sulfone groups is 1. The Bertz CT molecular complexity index is 1100. The fourth-order valence-electron chi connectivity index (χ4n) is 2.56. The number of nitrogens with one attached hydrogen (secondary N) is 3. The Morgan fingerprint density at radius 3 is 2.28 bits per heavy atom. The third-order valence-corrected chi connectivity index (χ3v) is 6.73. The first-order valence-corrected chi connectivity index (χ1v) is 10.9. The van der Waals surface area contributed by atoms with Crippen LogP contribution in [0.1, 0.15) is 13.8 Å². The van der Waals surface area contributed by atoms with Gasteiger partial charge in [0.2, 0.25) is 5.95 Å². The van der Waals surface area contributed by atoms with Crippen LogP contribution < -0.4 is 16.0 Å². The molecule has 0 saturated heterocycles. The summed E-state index contributed by atoms with van der Waals surface area (Å²) in [5, 5.41) is 8.91. The number of aromatic nitrogens is 2. The Kier molecular flexibility index (Phi) is 6.24. The van der Waals surface area contributed by atoms with Crippen molar-refractivity contribution >= 4 is 50.3 Å². The molecule has 29 heavy (non-hydrogen) atoms. The summed E-state index contributed by atoms with van der Waals surface area (Å²) in [5.74, 6) is 0.640. The van der Waals surface area contributed by atoms with Crippen LogP contribution in [0.5, 0.6) is 0 Å². The van der Waals surface area contributed by atoms with Gasteiger partial charge >= 0.3 is 0 Å². The van der Waals surface area contributed by atoms with E-state index in [1.165, 1.54) is 6.20 Å². The van der Waals surface area contributed by atoms with Gasteiger partial charge < -0.3 is 16.0 Å². The van der Waals surface area contributed by atoms with E-state index in [0.29, 0.717) is 17.5 Å². The average molecular weight is 432 g/mol. The predicted molar refractivity (Wildman–Crippen MR) is 118 cm³/mol. The lowest BCUT2D eigenvalue weighted by atomic mass is 10.3. The second-order valence-electron chi connectivity index (χ2n) is 6.56. The average Bonchev–Trinajstić information content (AvgIpc) is 2.71. The molecule has 2 aromatic carbocycles. The van der Waals surface area contributed by atoms with Gasteiger partial charge in [0, 0.05) is 18.4 Å². The molecule has 0 saturated carbocycles. The number of hydrogen-bond acceptors (Lipinski definition) is 7. The molecule has 3 N–H and O–H groups in total. The van der Waals surface area contributed by atoms with Crippen LogP contribution in [0.4, 0.5) is 28.8 Å². The smallest absolute Gasteiger partial charge is 0.229 e. The highest BCUT2D eigenvalue weighted by Gasteiger charge is 2.23. The molecular weight excluding hydrogens is 410 g/mol. The Labute approximate surface area is 175 Å². The summed E-state index contributed by atoms with van der Waals surface area (Å²) in [5.41, 5.74) is 2.20. The van der Waals surface area contributed by atoms with Crippen molar-refractivity contribution < 1.29 is 8.42 Å². The maximum absolute atomic E-state index is 12.7. The van der Waals surface area contributed by atoms with E-state index in [-0.39, 0.29) is 9.92 Å². The molecule has 0 aliphatic rings. The van der Waals surface area contributed by atoms with Gasteiger partial charge in [-0.2, -0.15) is 4.98 Å². The van der Waals surface area contributed by atoms with Gasteiger partial charge in [-0.25, -0.2) is 13.4 Å². The molecule has 0 fully saturated rings. The summed E-state index contributed by atoms with van der Waals surface area (Å²) < 4.78 is 25.3. The monoisotopic (exact) mass is 431 g/mol. The highest BCUT2D eigenvalue weighted by Crippen LogP contribution is 2.30. The van der Waals surface area contributed by atoms with Crippen LogP contribution in [0, 0.1) is 0 Å². The summed E-state index contributed by atoms with van der Waals surface area (Å²) in [6.45, 7) is 3.29. The number of rotatable bonds is 7. The molecule has 0 spiro atoms. The van der Waals surface area contributed by atoms with Crippen molar-refractivity contribution in [3.63, 3.8) is 0 Å². The second-order valence-corrected chi connectivity index (χ2v) is 9.44. The fourth-order valence-corrected chi connectivity index (χ4v) is 3.90. The largest absolute Gasteiger partial charge is 0.388 e. The molecule has 1 aromatic heterocycles. The van der Waals surface area contributed by atoms with E-state index in [4.69, 9.17) is 11.6 Å². The summed E-state index contributed by atoms with van der Waals surface area (Å²) in [4.78, 5) is 8.78. The SMILES string of the molecule is CNc1ccc(Nc2ncc(Cl)c(Nc3ccccc3S(=O)(=O)C(C)C)n2)cc1. The topological polar surface area (TPSA) is 96.0 Å². The van der Waals surface area contributed by atoms with Gasteiger partial charge in [-0.3, -0.25) is 0 Å². The standard InChI is InChI=1S/C20H22ClN5O2S/c1-13(2)29(27,28)18-7-5-4-6-17(18)25-19-16(21)12-23-20(26-19)24-15-10-8-14(22-3)9-11-15/h4-13,22H,1-3H3,(H2,23,24,25,26). The van der Waals surface area contributed by atoms with Gasteiger partial charge in [-0.05, 0) is 50.2 Å². The van der Waals surface area contributed by atoms with E-state index >= 15 is 0 Å². The lowest BCUT2D eigenvalue weighted by Gasteiger charge is -2.15. The molecule has 7 nitrogen and oxygen atoms in total. The molecule has 0 atom stereocenters. The van der Waals surface area contributed by atoms with Crippen molar-refractivity contribution in [3.05, 3.63) is 59.8 Å². The summed E-state index contributed by atoms with van der Waals surface area (Å²) >= 11 is 6.24. The number of para-hydroxylation sites is 1. The lowest BCUT2D eigenvalue weighted by molar-refractivity contribution is 0.588. The minimum absolute atomic E-state index is 0.196. The van der Waals surface area contributed by atoms with E-state index in [2.05, 4.69) is 25.9 Å². The van der Waals surface area contributed by atoms with Crippen molar-refractivity contribution in [3.8, 4) is 0 Å². The normalized spacial score (nSPS) is 11.3. The number of benzene rings is 2. The Balaban J connectivity index is 1.90. The number of anilines is 5. The Morgan fingerprint density at radius 1 is 0.966 bits per heavy atom. The predicted octanol–water partition coefficient (Wildman–Crippen LogP) is 4.84. The van der Waals surface area contributed by atoms with Crippen molar-refractivity contribution in [2.45, 2.75) is 24.0 Å². The van der Waals surface area contributed by atoms with E-state index in [1.807, 2.05) is 31.3 Å². The first-order valence-electron chi connectivity index (χ1n) is 8.98. The van der Waals surface area contributed by atoms with Crippen LogP contribution in [0.15, 0.2) is 59.6 Å². The molecule has 3 rings (SSSR count). The van der Waals surface area contributed by atoms with Crippen LogP contribution in [0.25, 0.3) is 0 Å². The molecule has 0 amide bonds. The maximum atomic E-state index is 12.7. The van der Waals surface area contributed by atoms with Crippen molar-refractivity contribution in [2.24, 2.45) is 0 Å². The maximum Gasteiger partial charge on any atom is 0.229 e. The first kappa shape index (κ1) is 20.9. The van der Waals surface area contributed by atoms with E-state index < -0.39 is 15.1 Å². The molecule has 0 aliphatic carbocycles. The van der Waals surface area contributed by atoms with Gasteiger partial charge in [0.25, 0.3) is 0 Å². The van der Waals surface area contributed by atoms with Crippen LogP contribution >= 0.6 is 11.6 Å². The van der Waals surface area contributed by atoms with Crippen molar-refractivity contribution in [1.82, 2.24) is 9.97 Å². The molecule has 0 unspecified atom stereocenters. The Hall–Kier alpha value is -2.84. The second kappa shape index (κ2) is 8.67. The van der Waals surface area contributed by atoms with E-state index in [0.717, 1.165) is 11.4 Å². The Morgan fingerprint density at radius 2 is 1.62 bits per heavy atom. The lowest BCUT2D eigenvalue weighted by Crippen LogP contribution is -2.15. The number of nitrogens with zero attached hydrogens (tertiary/aromatic N) is 2. The number of hydrogen-bond donors (Lipinski definition) is 3. The number of halogens is 1. The molecule has 1 heterocycles. The fraction of sp³-hybridized carbons (Fsp3) is 0.200. The molecule has 152 valence electrons. The third kappa shape index (κ3) is 4.78. The van der Waals surface area contributed by atoms with Crippen molar-refractivity contribution in [2.75, 3.05) is 23.0 Å². The molecule has 9 heteroatoms. The van der Waals surface area contributed by atoms with E-state index in [1.54, 1.807) is 38.1 Å². The highest BCUT2D eigenvalue weighted by atomic mass is 35.5. The van der Waals surface area contributed by atoms with Crippen LogP contribution in [-0.2, 0) is 9.84 Å². The quantitative estimate of drug-likeness (QED) is 0.492. The molecular formula is C20H22ClN5O2S. The summed E-state index contributed by atoms with van der Waals surface area (Å²) in [6.07, 6.45) is 1.46. The highest BCUT2D eigenvalue weighted by molar-refractivity contribution is 7.92. The van der Waals surface area contributed by atoms with Crippen LogP contribution in [0.2, 0.25) is 5.02 Å². The zero-order valence-corrected chi connectivity index (χ0v) is 17.8. The van der Waals surface area contributed by atoms with Gasteiger partial charge in [-0.1, -0.05) is 23.7 Å². The zero-order chi connectivity index (χ0) is 21.0. The third-order valence-electron chi connectivity index (χ3n) is 4.24. The molecule has 3 aromatic rings. The van der Waals surface area contributed by atoms with Gasteiger partial charge in [-0.15, -0.1) is 0 Å². The van der Waals surface area contributed by atoms with E-state index in [9.17, 15) is 8.42 Å². The minimum atomic E-state index is -3.48. The van der Waals surface area contributed by atoms with Crippen LogP contribution in [0.3, 0.4) is 0 Å². The van der Waals surface area contributed by atoms with Gasteiger partial charge in [0.1, 0.15) is 5.02 Å². The summed E-state index contributed by atoms with van der Waals surface area (Å²) in [6, 6.07) is 14.3. The minimum Gasteiger partial charge on any atom is -0.388 e. The van der Waals surface area contributed by atoms with Crippen LogP contribution in [-0.4, -0.2) is 30.7 Å². The van der Waals surface area contributed by atoms with Gasteiger partial charge in [0.05, 0.1) is 22.0 Å². The zero-order valence-electron chi connectivity index (χ0n) is 16.3. The molecule has 0 radical (unpaired) electrons.